The minimum Gasteiger partial charge on any atom is -0.508 e. The zero-order chi connectivity index (χ0) is 26.7. The first kappa shape index (κ1) is 29.1. The molecule has 192 valence electrons. The molecule has 4 atom stereocenters. The molecule has 0 saturated heterocycles. The van der Waals surface area contributed by atoms with Gasteiger partial charge in [-0.25, -0.2) is 0 Å². The Hall–Kier alpha value is -3.96. The van der Waals surface area contributed by atoms with E-state index in [9.17, 15) is 33.9 Å². The average molecular weight is 493 g/mol. The summed E-state index contributed by atoms with van der Waals surface area (Å²) in [4.78, 5) is 71.4. The summed E-state index contributed by atoms with van der Waals surface area (Å²) >= 11 is 0. The molecule has 0 bridgehead atoms. The van der Waals surface area contributed by atoms with E-state index in [-0.39, 0.29) is 18.5 Å². The van der Waals surface area contributed by atoms with Gasteiger partial charge in [-0.05, 0) is 30.5 Å². The second-order valence-corrected chi connectivity index (χ2v) is 8.43. The molecule has 1 aromatic carbocycles. The number of phenols is 1. The van der Waals surface area contributed by atoms with Crippen molar-refractivity contribution < 1.29 is 39.0 Å². The van der Waals surface area contributed by atoms with Crippen LogP contribution in [0.4, 0.5) is 0 Å². The fraction of sp³-hybridized carbons (Fsp3) is 0.478. The predicted molar refractivity (Wildman–Crippen MR) is 124 cm³/mol. The van der Waals surface area contributed by atoms with Crippen LogP contribution in [0.25, 0.3) is 0 Å². The number of aliphatic carboxylic acids is 1. The van der Waals surface area contributed by atoms with Crippen LogP contribution in [0.15, 0.2) is 24.3 Å². The first-order valence-corrected chi connectivity index (χ1v) is 11.0. The number of amides is 4. The molecule has 12 heteroatoms. The zero-order valence-electron chi connectivity index (χ0n) is 20.0. The lowest BCUT2D eigenvalue weighted by atomic mass is 10.0. The lowest BCUT2D eigenvalue weighted by Gasteiger charge is -2.26. The molecule has 1 rings (SSSR count). The third-order valence-electron chi connectivity index (χ3n) is 4.96. The molecular weight excluding hydrogens is 460 g/mol. The van der Waals surface area contributed by atoms with E-state index in [4.69, 9.17) is 5.11 Å². The van der Waals surface area contributed by atoms with Crippen LogP contribution in [0.3, 0.4) is 0 Å². The second kappa shape index (κ2) is 13.7. The van der Waals surface area contributed by atoms with E-state index >= 15 is 0 Å². The highest BCUT2D eigenvalue weighted by Gasteiger charge is 2.30. The van der Waals surface area contributed by atoms with Crippen molar-refractivity contribution in [3.8, 4) is 5.75 Å². The molecule has 0 heterocycles. The van der Waals surface area contributed by atoms with E-state index in [2.05, 4.69) is 21.3 Å². The normalized spacial score (nSPS) is 14.1. The quantitative estimate of drug-likeness (QED) is 0.194. The Balaban J connectivity index is 2.88. The summed E-state index contributed by atoms with van der Waals surface area (Å²) < 4.78 is 0. The van der Waals surface area contributed by atoms with Gasteiger partial charge in [-0.1, -0.05) is 26.0 Å². The molecule has 35 heavy (non-hydrogen) atoms. The highest BCUT2D eigenvalue weighted by molar-refractivity contribution is 5.94. The maximum Gasteiger partial charge on any atom is 0.305 e. The summed E-state index contributed by atoms with van der Waals surface area (Å²) in [5.74, 6) is -4.14. The molecule has 0 fully saturated rings. The van der Waals surface area contributed by atoms with Crippen LogP contribution in [0.5, 0.6) is 5.75 Å². The van der Waals surface area contributed by atoms with Crippen molar-refractivity contribution in [2.45, 2.75) is 64.7 Å². The number of nitrogens with one attached hydrogen (secondary N) is 4. The van der Waals surface area contributed by atoms with E-state index in [0.717, 1.165) is 0 Å². The van der Waals surface area contributed by atoms with Crippen molar-refractivity contribution in [1.82, 2.24) is 21.3 Å². The van der Waals surface area contributed by atoms with Gasteiger partial charge in [0.25, 0.3) is 0 Å². The highest BCUT2D eigenvalue weighted by Crippen LogP contribution is 2.12. The van der Waals surface area contributed by atoms with Gasteiger partial charge in [-0.2, -0.15) is 0 Å². The molecule has 0 radical (unpaired) electrons. The SMILES string of the molecule is CC(=O)N[C@@H](Cc1ccc(O)cc1)C(=O)N[C@H](C(=O)N[C@@H](C)C(=O)NC(C=O)CC(=O)O)C(C)C. The number of benzene rings is 1. The number of rotatable bonds is 13. The van der Waals surface area contributed by atoms with Crippen LogP contribution < -0.4 is 21.3 Å². The topological polar surface area (TPSA) is 191 Å². The van der Waals surface area contributed by atoms with Gasteiger partial charge in [0.1, 0.15) is 30.2 Å². The minimum atomic E-state index is -1.28. The van der Waals surface area contributed by atoms with Gasteiger partial charge in [0.05, 0.1) is 12.5 Å². The third kappa shape index (κ3) is 10.2. The number of aromatic hydroxyl groups is 1. The van der Waals surface area contributed by atoms with Gasteiger partial charge in [-0.3, -0.25) is 24.0 Å². The maximum absolute atomic E-state index is 12.9. The number of hydrogen-bond acceptors (Lipinski definition) is 7. The zero-order valence-corrected chi connectivity index (χ0v) is 20.0. The Bertz CT molecular complexity index is 932. The summed E-state index contributed by atoms with van der Waals surface area (Å²) in [5, 5.41) is 28.0. The van der Waals surface area contributed by atoms with Crippen molar-refractivity contribution in [3.63, 3.8) is 0 Å². The smallest absolute Gasteiger partial charge is 0.305 e. The summed E-state index contributed by atoms with van der Waals surface area (Å²) in [6.45, 7) is 5.96. The number of phenolic OH excluding ortho intramolecular Hbond substituents is 1. The fourth-order valence-corrected chi connectivity index (χ4v) is 3.11. The molecule has 0 spiro atoms. The van der Waals surface area contributed by atoms with Crippen LogP contribution >= 0.6 is 0 Å². The van der Waals surface area contributed by atoms with Crippen LogP contribution in [0.1, 0.15) is 39.7 Å². The van der Waals surface area contributed by atoms with E-state index in [1.165, 1.54) is 26.0 Å². The third-order valence-corrected chi connectivity index (χ3v) is 4.96. The molecule has 6 N–H and O–H groups in total. The summed E-state index contributed by atoms with van der Waals surface area (Å²) in [6.07, 6.45) is -0.215. The number of carboxylic acid groups (broad SMARTS) is 1. The number of aldehydes is 1. The standard InChI is InChI=1S/C23H32N4O8/c1-12(2)20(23(35)24-13(3)21(33)26-16(11-28)10-19(31)32)27-22(34)18(25-14(4)29)9-15-5-7-17(30)8-6-15/h5-8,11-13,16,18,20,30H,9-10H2,1-4H3,(H,24,35)(H,25,29)(H,26,33)(H,27,34)(H,31,32)/t13-,16?,18-,20-/m0/s1. The Kier molecular flexibility index (Phi) is 11.4. The van der Waals surface area contributed by atoms with E-state index in [1.54, 1.807) is 26.0 Å². The van der Waals surface area contributed by atoms with Crippen molar-refractivity contribution in [2.75, 3.05) is 0 Å². The van der Waals surface area contributed by atoms with Crippen molar-refractivity contribution in [1.29, 1.82) is 0 Å². The lowest BCUT2D eigenvalue weighted by molar-refractivity contribution is -0.139. The lowest BCUT2D eigenvalue weighted by Crippen LogP contribution is -2.58. The van der Waals surface area contributed by atoms with Crippen LogP contribution in [0.2, 0.25) is 0 Å². The molecule has 0 aliphatic carbocycles. The molecule has 1 unspecified atom stereocenters. The van der Waals surface area contributed by atoms with Crippen LogP contribution in [0, 0.1) is 5.92 Å². The highest BCUT2D eigenvalue weighted by atomic mass is 16.4. The molecular formula is C23H32N4O8. The van der Waals surface area contributed by atoms with Gasteiger partial charge in [0.15, 0.2) is 0 Å². The van der Waals surface area contributed by atoms with Gasteiger partial charge in [0.2, 0.25) is 23.6 Å². The Morgan fingerprint density at radius 1 is 0.886 bits per heavy atom. The Morgan fingerprint density at radius 3 is 1.97 bits per heavy atom. The molecule has 0 aliphatic heterocycles. The molecule has 0 aromatic heterocycles. The van der Waals surface area contributed by atoms with Crippen molar-refractivity contribution in [3.05, 3.63) is 29.8 Å². The second-order valence-electron chi connectivity index (χ2n) is 8.43. The van der Waals surface area contributed by atoms with Crippen molar-refractivity contribution >= 4 is 35.9 Å². The van der Waals surface area contributed by atoms with Gasteiger partial charge >= 0.3 is 5.97 Å². The average Bonchev–Trinajstić information content (AvgIpc) is 2.76. The Morgan fingerprint density at radius 2 is 1.49 bits per heavy atom. The van der Waals surface area contributed by atoms with E-state index in [1.807, 2.05) is 0 Å². The summed E-state index contributed by atoms with van der Waals surface area (Å²) in [5.41, 5.74) is 0.665. The van der Waals surface area contributed by atoms with E-state index < -0.39 is 66.1 Å². The monoisotopic (exact) mass is 492 g/mol. The van der Waals surface area contributed by atoms with Gasteiger partial charge in [-0.15, -0.1) is 0 Å². The number of hydrogen-bond donors (Lipinski definition) is 6. The number of carbonyl (C=O) groups is 6. The number of carbonyl (C=O) groups excluding carboxylic acids is 5. The molecule has 0 aliphatic rings. The van der Waals surface area contributed by atoms with Gasteiger partial charge < -0.3 is 36.3 Å². The number of carboxylic acids is 1. The molecule has 12 nitrogen and oxygen atoms in total. The molecule has 0 saturated carbocycles. The first-order valence-electron chi connectivity index (χ1n) is 11.0. The van der Waals surface area contributed by atoms with Crippen molar-refractivity contribution in [2.24, 2.45) is 5.92 Å². The van der Waals surface area contributed by atoms with E-state index in [0.29, 0.717) is 5.56 Å². The predicted octanol–water partition coefficient (Wildman–Crippen LogP) is -0.757. The molecule has 4 amide bonds. The summed E-state index contributed by atoms with van der Waals surface area (Å²) in [6, 6.07) is 1.65. The molecule has 1 aromatic rings. The van der Waals surface area contributed by atoms with Crippen LogP contribution in [-0.4, -0.2) is 70.3 Å². The maximum atomic E-state index is 12.9. The van der Waals surface area contributed by atoms with Gasteiger partial charge in [0, 0.05) is 13.3 Å². The first-order chi connectivity index (χ1) is 16.3. The summed E-state index contributed by atoms with van der Waals surface area (Å²) in [7, 11) is 0. The largest absolute Gasteiger partial charge is 0.508 e. The fourth-order valence-electron chi connectivity index (χ4n) is 3.11. The van der Waals surface area contributed by atoms with Crippen LogP contribution in [-0.2, 0) is 35.2 Å². The minimum absolute atomic E-state index is 0.0476. The Labute approximate surface area is 202 Å².